The van der Waals surface area contributed by atoms with Crippen molar-refractivity contribution in [2.45, 2.75) is 18.4 Å². The minimum atomic E-state index is -0.131. The number of hydrogen-bond acceptors (Lipinski definition) is 3. The first-order valence-electron chi connectivity index (χ1n) is 4.71. The lowest BCUT2D eigenvalue weighted by Crippen LogP contribution is -2.46. The van der Waals surface area contributed by atoms with Crippen molar-refractivity contribution in [3.63, 3.8) is 0 Å². The summed E-state index contributed by atoms with van der Waals surface area (Å²) >= 11 is 0. The maximum absolute atomic E-state index is 6.31. The molecule has 2 rings (SSSR count). The van der Waals surface area contributed by atoms with E-state index in [1.165, 1.54) is 5.56 Å². The second kappa shape index (κ2) is 3.44. The first kappa shape index (κ1) is 8.66. The topological polar surface area (TPSA) is 50.9 Å². The molecule has 1 aliphatic rings. The fourth-order valence-corrected chi connectivity index (χ4v) is 1.85. The van der Waals surface area contributed by atoms with Crippen LogP contribution in [-0.2, 0) is 5.54 Å². The Kier molecular flexibility index (Phi) is 2.29. The summed E-state index contributed by atoms with van der Waals surface area (Å²) in [7, 11) is 0. The number of nitrogens with two attached hydrogens (primary N) is 1. The van der Waals surface area contributed by atoms with Gasteiger partial charge in [0.1, 0.15) is 0 Å². The van der Waals surface area contributed by atoms with Gasteiger partial charge in [-0.2, -0.15) is 0 Å². The molecular weight excluding hydrogens is 162 g/mol. The van der Waals surface area contributed by atoms with Crippen LogP contribution in [-0.4, -0.2) is 18.1 Å². The molecule has 13 heavy (non-hydrogen) atoms. The highest BCUT2D eigenvalue weighted by atomic mass is 14.9. The average molecular weight is 177 g/mol. The summed E-state index contributed by atoms with van der Waals surface area (Å²) in [6.07, 6.45) is 5.64. The zero-order valence-corrected chi connectivity index (χ0v) is 7.66. The van der Waals surface area contributed by atoms with Crippen molar-refractivity contribution < 1.29 is 0 Å². The lowest BCUT2D eigenvalue weighted by Gasteiger charge is -2.34. The van der Waals surface area contributed by atoms with E-state index in [1.54, 1.807) is 0 Å². The van der Waals surface area contributed by atoms with E-state index in [4.69, 9.17) is 5.73 Å². The molecule has 1 aromatic heterocycles. The molecule has 0 unspecified atom stereocenters. The first-order chi connectivity index (χ1) is 6.31. The van der Waals surface area contributed by atoms with Crippen LogP contribution in [0.4, 0.5) is 0 Å². The fourth-order valence-electron chi connectivity index (χ4n) is 1.85. The predicted molar refractivity (Wildman–Crippen MR) is 52.2 cm³/mol. The third-order valence-corrected chi connectivity index (χ3v) is 2.75. The zero-order valence-electron chi connectivity index (χ0n) is 7.66. The molecule has 0 aromatic carbocycles. The Hall–Kier alpha value is -0.930. The minimum absolute atomic E-state index is 0.131. The third kappa shape index (κ3) is 1.71. The maximum Gasteiger partial charge on any atom is 0.0435 e. The van der Waals surface area contributed by atoms with Crippen molar-refractivity contribution in [3.05, 3.63) is 30.1 Å². The van der Waals surface area contributed by atoms with Gasteiger partial charge in [-0.15, -0.1) is 0 Å². The lowest BCUT2D eigenvalue weighted by atomic mass is 9.83. The summed E-state index contributed by atoms with van der Waals surface area (Å²) in [5, 5.41) is 3.31. The normalized spacial score (nSPS) is 21.3. The molecule has 0 radical (unpaired) electrons. The Balaban J connectivity index is 2.23. The second-order valence-corrected chi connectivity index (χ2v) is 3.64. The molecular formula is C10H15N3. The van der Waals surface area contributed by atoms with Crippen molar-refractivity contribution in [2.24, 2.45) is 5.73 Å². The molecule has 2 heterocycles. The van der Waals surface area contributed by atoms with E-state index in [0.29, 0.717) is 0 Å². The molecule has 1 saturated heterocycles. The molecule has 0 aliphatic carbocycles. The van der Waals surface area contributed by atoms with Gasteiger partial charge in [0.05, 0.1) is 0 Å². The third-order valence-electron chi connectivity index (χ3n) is 2.75. The Bertz CT molecular complexity index is 265. The van der Waals surface area contributed by atoms with E-state index in [2.05, 4.69) is 10.3 Å². The molecule has 3 nitrogen and oxygen atoms in total. The molecule has 0 amide bonds. The highest BCUT2D eigenvalue weighted by Gasteiger charge is 2.28. The van der Waals surface area contributed by atoms with Crippen molar-refractivity contribution in [1.82, 2.24) is 10.3 Å². The van der Waals surface area contributed by atoms with Gasteiger partial charge in [-0.25, -0.2) is 0 Å². The van der Waals surface area contributed by atoms with Gasteiger partial charge < -0.3 is 11.1 Å². The van der Waals surface area contributed by atoms with Crippen molar-refractivity contribution in [3.8, 4) is 0 Å². The van der Waals surface area contributed by atoms with Gasteiger partial charge in [0.15, 0.2) is 0 Å². The standard InChI is InChI=1S/C10H15N3/c11-10(3-7-13-8-4-10)9-1-5-12-6-2-9/h1-2,5-6,13H,3-4,7-8,11H2. The van der Waals surface area contributed by atoms with Crippen molar-refractivity contribution >= 4 is 0 Å². The molecule has 1 fully saturated rings. The van der Waals surface area contributed by atoms with Crippen LogP contribution >= 0.6 is 0 Å². The molecule has 0 bridgehead atoms. The summed E-state index contributed by atoms with van der Waals surface area (Å²) < 4.78 is 0. The van der Waals surface area contributed by atoms with E-state index in [0.717, 1.165) is 25.9 Å². The predicted octanol–water partition coefficient (Wildman–Crippen LogP) is 0.619. The smallest absolute Gasteiger partial charge is 0.0435 e. The van der Waals surface area contributed by atoms with Crippen LogP contribution in [0.5, 0.6) is 0 Å². The number of aromatic nitrogens is 1. The van der Waals surface area contributed by atoms with E-state index < -0.39 is 0 Å². The van der Waals surface area contributed by atoms with Crippen LogP contribution < -0.4 is 11.1 Å². The molecule has 1 aliphatic heterocycles. The molecule has 1 aromatic rings. The quantitative estimate of drug-likeness (QED) is 0.661. The summed E-state index contributed by atoms with van der Waals surface area (Å²) in [4.78, 5) is 4.00. The van der Waals surface area contributed by atoms with Gasteiger partial charge in [-0.05, 0) is 43.6 Å². The first-order valence-corrected chi connectivity index (χ1v) is 4.71. The molecule has 3 heteroatoms. The van der Waals surface area contributed by atoms with E-state index in [9.17, 15) is 0 Å². The Morgan fingerprint density at radius 1 is 1.23 bits per heavy atom. The zero-order chi connectivity index (χ0) is 9.15. The largest absolute Gasteiger partial charge is 0.321 e. The fraction of sp³-hybridized carbons (Fsp3) is 0.500. The number of nitrogens with one attached hydrogen (secondary N) is 1. The Morgan fingerprint density at radius 2 is 1.85 bits per heavy atom. The minimum Gasteiger partial charge on any atom is -0.321 e. The number of rotatable bonds is 1. The van der Waals surface area contributed by atoms with E-state index >= 15 is 0 Å². The second-order valence-electron chi connectivity index (χ2n) is 3.64. The highest BCUT2D eigenvalue weighted by Crippen LogP contribution is 2.26. The molecule has 0 atom stereocenters. The van der Waals surface area contributed by atoms with Gasteiger partial charge in [-0.3, -0.25) is 4.98 Å². The van der Waals surface area contributed by atoms with Gasteiger partial charge in [0.25, 0.3) is 0 Å². The van der Waals surface area contributed by atoms with Crippen LogP contribution in [0.25, 0.3) is 0 Å². The Morgan fingerprint density at radius 3 is 2.46 bits per heavy atom. The average Bonchev–Trinajstić information content (AvgIpc) is 2.20. The number of hydrogen-bond donors (Lipinski definition) is 2. The van der Waals surface area contributed by atoms with Gasteiger partial charge in [0.2, 0.25) is 0 Å². The molecule has 0 saturated carbocycles. The SMILES string of the molecule is NC1(c2ccncc2)CCNCC1. The molecule has 0 spiro atoms. The summed E-state index contributed by atoms with van der Waals surface area (Å²) in [5.41, 5.74) is 7.39. The molecule has 70 valence electrons. The number of pyridine rings is 1. The van der Waals surface area contributed by atoms with Crippen LogP contribution in [0.2, 0.25) is 0 Å². The monoisotopic (exact) mass is 177 g/mol. The van der Waals surface area contributed by atoms with Crippen LogP contribution in [0.15, 0.2) is 24.5 Å². The van der Waals surface area contributed by atoms with Crippen molar-refractivity contribution in [1.29, 1.82) is 0 Å². The van der Waals surface area contributed by atoms with E-state index in [-0.39, 0.29) is 5.54 Å². The van der Waals surface area contributed by atoms with Crippen LogP contribution in [0.1, 0.15) is 18.4 Å². The van der Waals surface area contributed by atoms with Gasteiger partial charge >= 0.3 is 0 Å². The highest BCUT2D eigenvalue weighted by molar-refractivity contribution is 5.21. The number of nitrogens with zero attached hydrogens (tertiary/aromatic N) is 1. The van der Waals surface area contributed by atoms with Crippen LogP contribution in [0.3, 0.4) is 0 Å². The van der Waals surface area contributed by atoms with Crippen molar-refractivity contribution in [2.75, 3.05) is 13.1 Å². The van der Waals surface area contributed by atoms with Crippen LogP contribution in [0, 0.1) is 0 Å². The summed E-state index contributed by atoms with van der Waals surface area (Å²) in [6.45, 7) is 2.03. The lowest BCUT2D eigenvalue weighted by molar-refractivity contribution is 0.317. The van der Waals surface area contributed by atoms with Gasteiger partial charge in [0, 0.05) is 17.9 Å². The maximum atomic E-state index is 6.31. The van der Waals surface area contributed by atoms with Gasteiger partial charge in [-0.1, -0.05) is 0 Å². The molecule has 3 N–H and O–H groups in total. The Labute approximate surface area is 78.4 Å². The van der Waals surface area contributed by atoms with E-state index in [1.807, 2.05) is 24.5 Å². The number of piperidine rings is 1. The summed E-state index contributed by atoms with van der Waals surface area (Å²) in [6, 6.07) is 4.04. The summed E-state index contributed by atoms with van der Waals surface area (Å²) in [5.74, 6) is 0.